The number of nitrogens with one attached hydrogen (secondary N) is 2. The van der Waals surface area contributed by atoms with Crippen LogP contribution in [0, 0.1) is 0 Å². The van der Waals surface area contributed by atoms with Crippen molar-refractivity contribution < 1.29 is 23.9 Å². The molecule has 2 heterocycles. The lowest BCUT2D eigenvalue weighted by atomic mass is 10.1. The summed E-state index contributed by atoms with van der Waals surface area (Å²) in [6.07, 6.45) is 1.77. The van der Waals surface area contributed by atoms with Crippen LogP contribution in [-0.4, -0.2) is 68.4 Å². The number of carbonyl (C=O) groups excluding carboxylic acids is 4. The Balaban J connectivity index is 1.63. The molecule has 0 bridgehead atoms. The van der Waals surface area contributed by atoms with E-state index in [2.05, 4.69) is 10.6 Å². The van der Waals surface area contributed by atoms with Crippen LogP contribution >= 0.6 is 0 Å². The fraction of sp³-hybridized carbons (Fsp3) is 0.444. The van der Waals surface area contributed by atoms with Gasteiger partial charge in [0.1, 0.15) is 6.04 Å². The van der Waals surface area contributed by atoms with Gasteiger partial charge in [-0.15, -0.1) is 0 Å². The second kappa shape index (κ2) is 7.65. The number of nitrogens with zero attached hydrogens (tertiary/aromatic N) is 2. The van der Waals surface area contributed by atoms with Crippen molar-refractivity contribution in [3.8, 4) is 0 Å². The molecule has 9 heteroatoms. The largest absolute Gasteiger partial charge is 0.452 e. The zero-order valence-electron chi connectivity index (χ0n) is 15.3. The van der Waals surface area contributed by atoms with E-state index in [9.17, 15) is 19.2 Å². The lowest BCUT2D eigenvalue weighted by Gasteiger charge is -2.33. The van der Waals surface area contributed by atoms with Crippen LogP contribution in [0.25, 0.3) is 0 Å². The summed E-state index contributed by atoms with van der Waals surface area (Å²) in [5, 5.41) is 5.24. The Morgan fingerprint density at radius 3 is 2.89 bits per heavy atom. The van der Waals surface area contributed by atoms with Gasteiger partial charge in [0.25, 0.3) is 5.91 Å². The van der Waals surface area contributed by atoms with Gasteiger partial charge in [0.05, 0.1) is 23.5 Å². The summed E-state index contributed by atoms with van der Waals surface area (Å²) in [7, 11) is 2.92. The van der Waals surface area contributed by atoms with Gasteiger partial charge in [0.15, 0.2) is 6.61 Å². The number of likely N-dealkylation sites (N-methyl/N-ethyl adjacent to an activating group) is 2. The van der Waals surface area contributed by atoms with Gasteiger partial charge < -0.3 is 25.2 Å². The highest BCUT2D eigenvalue weighted by Gasteiger charge is 2.36. The topological polar surface area (TPSA) is 108 Å². The Bertz CT molecular complexity index is 794. The lowest BCUT2D eigenvalue weighted by molar-refractivity contribution is -0.137. The maximum absolute atomic E-state index is 12.2. The maximum atomic E-state index is 12.2. The van der Waals surface area contributed by atoms with Gasteiger partial charge in [-0.1, -0.05) is 0 Å². The summed E-state index contributed by atoms with van der Waals surface area (Å²) >= 11 is 0. The van der Waals surface area contributed by atoms with E-state index in [0.29, 0.717) is 5.69 Å². The molecule has 0 radical (unpaired) electrons. The van der Waals surface area contributed by atoms with Crippen LogP contribution in [0.3, 0.4) is 0 Å². The van der Waals surface area contributed by atoms with Crippen LogP contribution in [0.5, 0.6) is 0 Å². The van der Waals surface area contributed by atoms with E-state index in [1.54, 1.807) is 18.2 Å². The Morgan fingerprint density at radius 1 is 1.37 bits per heavy atom. The Labute approximate surface area is 156 Å². The number of ether oxygens (including phenoxy) is 1. The number of anilines is 2. The van der Waals surface area contributed by atoms with Crippen LogP contribution in [0.15, 0.2) is 18.2 Å². The zero-order valence-corrected chi connectivity index (χ0v) is 15.3. The van der Waals surface area contributed by atoms with Gasteiger partial charge in [-0.3, -0.25) is 14.4 Å². The fourth-order valence-corrected chi connectivity index (χ4v) is 3.26. The van der Waals surface area contributed by atoms with Crippen LogP contribution in [0.1, 0.15) is 23.2 Å². The molecular weight excluding hydrogens is 352 g/mol. The molecule has 3 rings (SSSR count). The first-order valence-electron chi connectivity index (χ1n) is 8.74. The predicted molar refractivity (Wildman–Crippen MR) is 97.4 cm³/mol. The third kappa shape index (κ3) is 3.86. The monoisotopic (exact) mass is 374 g/mol. The molecule has 0 aliphatic carbocycles. The molecule has 1 fully saturated rings. The second-order valence-corrected chi connectivity index (χ2v) is 6.57. The SMILES string of the molecule is CNC(=O)CN(C)C(=O)COC(=O)c1ccc2c(c1)NC(=O)[C@@H]1CCCN21. The maximum Gasteiger partial charge on any atom is 0.338 e. The van der Waals surface area contributed by atoms with Crippen molar-refractivity contribution in [1.29, 1.82) is 0 Å². The highest BCUT2D eigenvalue weighted by molar-refractivity contribution is 6.05. The quantitative estimate of drug-likeness (QED) is 0.701. The number of amides is 3. The fourth-order valence-electron chi connectivity index (χ4n) is 3.26. The van der Waals surface area contributed by atoms with Crippen molar-refractivity contribution in [3.05, 3.63) is 23.8 Å². The Morgan fingerprint density at radius 2 is 2.15 bits per heavy atom. The average molecular weight is 374 g/mol. The van der Waals surface area contributed by atoms with Crippen LogP contribution in [0.4, 0.5) is 11.4 Å². The molecular formula is C18H22N4O5. The number of esters is 1. The zero-order chi connectivity index (χ0) is 19.6. The molecule has 9 nitrogen and oxygen atoms in total. The van der Waals surface area contributed by atoms with E-state index in [0.717, 1.165) is 25.1 Å². The minimum absolute atomic E-state index is 0.0727. The molecule has 27 heavy (non-hydrogen) atoms. The van der Waals surface area contributed by atoms with Crippen LogP contribution in [-0.2, 0) is 19.1 Å². The summed E-state index contributed by atoms with van der Waals surface area (Å²) in [6, 6.07) is 4.81. The van der Waals surface area contributed by atoms with Crippen LogP contribution in [0.2, 0.25) is 0 Å². The lowest BCUT2D eigenvalue weighted by Crippen LogP contribution is -2.43. The van der Waals surface area contributed by atoms with E-state index < -0.39 is 18.5 Å². The minimum atomic E-state index is -0.669. The molecule has 1 aromatic carbocycles. The molecule has 0 spiro atoms. The molecule has 1 aromatic rings. The van der Waals surface area contributed by atoms with Crippen molar-refractivity contribution in [3.63, 3.8) is 0 Å². The highest BCUT2D eigenvalue weighted by Crippen LogP contribution is 2.37. The van der Waals surface area contributed by atoms with E-state index in [4.69, 9.17) is 4.74 Å². The third-order valence-corrected chi connectivity index (χ3v) is 4.77. The van der Waals surface area contributed by atoms with Crippen molar-refractivity contribution in [2.75, 3.05) is 44.0 Å². The molecule has 0 aromatic heterocycles. The summed E-state index contributed by atoms with van der Waals surface area (Å²) < 4.78 is 5.04. The number of hydrogen-bond donors (Lipinski definition) is 2. The molecule has 0 saturated carbocycles. The van der Waals surface area contributed by atoms with Crippen molar-refractivity contribution in [2.24, 2.45) is 0 Å². The van der Waals surface area contributed by atoms with E-state index in [-0.39, 0.29) is 30.0 Å². The van der Waals surface area contributed by atoms with Crippen molar-refractivity contribution >= 4 is 35.1 Å². The molecule has 2 aliphatic rings. The highest BCUT2D eigenvalue weighted by atomic mass is 16.5. The minimum Gasteiger partial charge on any atom is -0.452 e. The Kier molecular flexibility index (Phi) is 5.29. The molecule has 2 aliphatic heterocycles. The number of carbonyl (C=O) groups is 4. The first-order chi connectivity index (χ1) is 12.9. The number of benzene rings is 1. The van der Waals surface area contributed by atoms with Crippen molar-refractivity contribution in [1.82, 2.24) is 10.2 Å². The molecule has 1 atom stereocenters. The van der Waals surface area contributed by atoms with Gasteiger partial charge in [-0.25, -0.2) is 4.79 Å². The molecule has 1 saturated heterocycles. The number of fused-ring (bicyclic) bond motifs is 3. The summed E-state index contributed by atoms with van der Waals surface area (Å²) in [5.41, 5.74) is 1.69. The summed E-state index contributed by atoms with van der Waals surface area (Å²) in [4.78, 5) is 50.8. The van der Waals surface area contributed by atoms with Gasteiger partial charge in [-0.05, 0) is 31.0 Å². The first-order valence-corrected chi connectivity index (χ1v) is 8.74. The van der Waals surface area contributed by atoms with Crippen LogP contribution < -0.4 is 15.5 Å². The number of hydrogen-bond acceptors (Lipinski definition) is 6. The van der Waals surface area contributed by atoms with E-state index in [1.807, 2.05) is 4.90 Å². The summed E-state index contributed by atoms with van der Waals surface area (Å²) in [6.45, 7) is 0.222. The third-order valence-electron chi connectivity index (χ3n) is 4.77. The normalized spacial score (nSPS) is 17.5. The van der Waals surface area contributed by atoms with Gasteiger partial charge in [-0.2, -0.15) is 0 Å². The van der Waals surface area contributed by atoms with E-state index in [1.165, 1.54) is 19.0 Å². The predicted octanol–water partition coefficient (Wildman–Crippen LogP) is -0.0313. The average Bonchev–Trinajstić information content (AvgIpc) is 3.16. The van der Waals surface area contributed by atoms with Crippen molar-refractivity contribution in [2.45, 2.75) is 18.9 Å². The van der Waals surface area contributed by atoms with Gasteiger partial charge in [0.2, 0.25) is 11.8 Å². The van der Waals surface area contributed by atoms with Gasteiger partial charge >= 0.3 is 5.97 Å². The van der Waals surface area contributed by atoms with E-state index >= 15 is 0 Å². The standard InChI is InChI=1S/C18H22N4O5/c1-19-15(23)9-21(2)16(24)10-27-18(26)11-5-6-13-12(8-11)20-17(25)14-4-3-7-22(13)14/h5-6,8,14H,3-4,7,9-10H2,1-2H3,(H,19,23)(H,20,25)/t14-/m0/s1. The first kappa shape index (κ1) is 18.7. The smallest absolute Gasteiger partial charge is 0.338 e. The second-order valence-electron chi connectivity index (χ2n) is 6.57. The summed E-state index contributed by atoms with van der Waals surface area (Å²) in [5.74, 6) is -1.55. The molecule has 144 valence electrons. The molecule has 2 N–H and O–H groups in total. The Hall–Kier alpha value is -3.10. The molecule has 3 amide bonds. The number of rotatable bonds is 5. The van der Waals surface area contributed by atoms with Gasteiger partial charge in [0, 0.05) is 20.6 Å². The molecule has 0 unspecified atom stereocenters.